The van der Waals surface area contributed by atoms with E-state index in [4.69, 9.17) is 4.74 Å². The van der Waals surface area contributed by atoms with Gasteiger partial charge in [0.15, 0.2) is 0 Å². The van der Waals surface area contributed by atoms with E-state index in [-0.39, 0.29) is 25.5 Å². The Balaban J connectivity index is 2.42. The minimum absolute atomic E-state index is 0.118. The van der Waals surface area contributed by atoms with Gasteiger partial charge in [0.1, 0.15) is 18.3 Å². The number of carbonyl (C=O) groups is 1. The first-order chi connectivity index (χ1) is 25.3. The average molecular weight is 744 g/mol. The third kappa shape index (κ3) is 23.9. The van der Waals surface area contributed by atoms with E-state index >= 15 is 0 Å². The molecule has 1 fully saturated rings. The lowest BCUT2D eigenvalue weighted by molar-refractivity contribution is -0.182. The molecule has 0 aromatic carbocycles. The maximum Gasteiger partial charge on any atom is 0.220 e. The fourth-order valence-electron chi connectivity index (χ4n) is 7.65. The molecule has 8 atom stereocenters. The van der Waals surface area contributed by atoms with Crippen LogP contribution in [0.15, 0.2) is 0 Å². The van der Waals surface area contributed by atoms with Crippen LogP contribution in [0.2, 0.25) is 0 Å². The van der Waals surface area contributed by atoms with E-state index in [1.807, 2.05) is 0 Å². The minimum atomic E-state index is -1.48. The summed E-state index contributed by atoms with van der Waals surface area (Å²) in [6, 6.07) is -0.903. The number of hydrogen-bond donors (Lipinski definition) is 7. The van der Waals surface area contributed by atoms with E-state index in [1.54, 1.807) is 0 Å². The van der Waals surface area contributed by atoms with Crippen molar-refractivity contribution in [3.63, 3.8) is 0 Å². The van der Waals surface area contributed by atoms with Crippen molar-refractivity contribution in [2.75, 3.05) is 13.2 Å². The Hall–Kier alpha value is -0.810. The highest BCUT2D eigenvalue weighted by atomic mass is 16.5. The summed E-state index contributed by atoms with van der Waals surface area (Å²) in [4.78, 5) is 13.0. The molecular weight excluding hydrogens is 658 g/mol. The molecule has 0 spiro atoms. The second-order valence-electron chi connectivity index (χ2n) is 16.1. The van der Waals surface area contributed by atoms with Gasteiger partial charge in [-0.15, -0.1) is 0 Å². The number of unbranched alkanes of at least 4 members (excludes halogenated alkanes) is 25. The van der Waals surface area contributed by atoms with Crippen molar-refractivity contribution in [3.05, 3.63) is 0 Å². The molecule has 0 aliphatic heterocycles. The summed E-state index contributed by atoms with van der Waals surface area (Å²) in [5.41, 5.74) is 0. The molecule has 1 aliphatic rings. The number of aliphatic hydroxyl groups excluding tert-OH is 6. The molecule has 0 bridgehead atoms. The highest BCUT2D eigenvalue weighted by Gasteiger charge is 2.43. The van der Waals surface area contributed by atoms with Crippen LogP contribution in [0, 0.1) is 5.92 Å². The Morgan fingerprint density at radius 1 is 0.596 bits per heavy atom. The molecular formula is C43H85NO8. The third-order valence-electron chi connectivity index (χ3n) is 11.3. The molecule has 0 saturated heterocycles. The first-order valence-corrected chi connectivity index (χ1v) is 22.2. The van der Waals surface area contributed by atoms with Crippen LogP contribution in [-0.2, 0) is 9.53 Å². The van der Waals surface area contributed by atoms with Gasteiger partial charge in [-0.25, -0.2) is 0 Å². The minimum Gasteiger partial charge on any atom is -0.396 e. The molecule has 9 heteroatoms. The summed E-state index contributed by atoms with van der Waals surface area (Å²) in [5, 5.41) is 65.6. The van der Waals surface area contributed by atoms with E-state index in [2.05, 4.69) is 19.2 Å². The van der Waals surface area contributed by atoms with E-state index in [0.717, 1.165) is 38.5 Å². The van der Waals surface area contributed by atoms with Crippen molar-refractivity contribution in [2.24, 2.45) is 5.92 Å². The van der Waals surface area contributed by atoms with Crippen LogP contribution in [-0.4, -0.2) is 92.4 Å². The SMILES string of the molecule is CCCCCCCCCCCCCCCCCC(=O)N[C@@H](CO[C@H]1C[C@H](CO)[C@H](O)[C@H](O)[C@H]1O)[C@H](O)[C@H](O)CCCCCCCCCCCCCC. The highest BCUT2D eigenvalue weighted by Crippen LogP contribution is 2.28. The smallest absolute Gasteiger partial charge is 0.220 e. The number of aliphatic hydroxyl groups is 6. The molecule has 0 radical (unpaired) electrons. The Labute approximate surface area is 319 Å². The van der Waals surface area contributed by atoms with Gasteiger partial charge < -0.3 is 40.7 Å². The summed E-state index contributed by atoms with van der Waals surface area (Å²) < 4.78 is 5.91. The number of rotatable bonds is 36. The molecule has 0 heterocycles. The van der Waals surface area contributed by atoms with Crippen molar-refractivity contribution < 1.29 is 40.2 Å². The Morgan fingerprint density at radius 3 is 1.42 bits per heavy atom. The molecule has 310 valence electrons. The second-order valence-corrected chi connectivity index (χ2v) is 16.1. The van der Waals surface area contributed by atoms with Crippen molar-refractivity contribution >= 4 is 5.91 Å². The number of carbonyl (C=O) groups excluding carboxylic acids is 1. The van der Waals surface area contributed by atoms with Crippen LogP contribution < -0.4 is 5.32 Å². The summed E-state index contributed by atoms with van der Waals surface area (Å²) in [6.07, 6.45) is 26.7. The summed E-state index contributed by atoms with van der Waals surface area (Å²) in [5.74, 6) is -0.879. The maximum absolute atomic E-state index is 13.0. The molecule has 1 amide bonds. The Morgan fingerprint density at radius 2 is 1.00 bits per heavy atom. The van der Waals surface area contributed by atoms with Gasteiger partial charge >= 0.3 is 0 Å². The molecule has 1 saturated carbocycles. The molecule has 1 rings (SSSR count). The van der Waals surface area contributed by atoms with Crippen LogP contribution in [0.3, 0.4) is 0 Å². The lowest BCUT2D eigenvalue weighted by Crippen LogP contribution is -2.57. The average Bonchev–Trinajstić information content (AvgIpc) is 3.14. The van der Waals surface area contributed by atoms with Crippen molar-refractivity contribution in [3.8, 4) is 0 Å². The van der Waals surface area contributed by atoms with E-state index in [9.17, 15) is 35.4 Å². The molecule has 9 nitrogen and oxygen atoms in total. The number of nitrogens with one attached hydrogen (secondary N) is 1. The zero-order valence-corrected chi connectivity index (χ0v) is 33.7. The van der Waals surface area contributed by atoms with Crippen LogP contribution >= 0.6 is 0 Å². The molecule has 1 aliphatic carbocycles. The molecule has 7 N–H and O–H groups in total. The predicted octanol–water partition coefficient (Wildman–Crippen LogP) is 8.03. The predicted molar refractivity (Wildman–Crippen MR) is 212 cm³/mol. The first-order valence-electron chi connectivity index (χ1n) is 22.2. The quantitative estimate of drug-likeness (QED) is 0.0318. The molecule has 52 heavy (non-hydrogen) atoms. The summed E-state index contributed by atoms with van der Waals surface area (Å²) in [6.45, 7) is 3.95. The number of amides is 1. The highest BCUT2D eigenvalue weighted by molar-refractivity contribution is 5.76. The van der Waals surface area contributed by atoms with Crippen molar-refractivity contribution in [1.29, 1.82) is 0 Å². The van der Waals surface area contributed by atoms with Gasteiger partial charge in [0.25, 0.3) is 0 Å². The molecule has 0 aromatic rings. The molecule has 0 aromatic heterocycles. The van der Waals surface area contributed by atoms with Crippen LogP contribution in [0.1, 0.15) is 206 Å². The van der Waals surface area contributed by atoms with Gasteiger partial charge in [-0.2, -0.15) is 0 Å². The topological polar surface area (TPSA) is 160 Å². The van der Waals surface area contributed by atoms with Crippen LogP contribution in [0.4, 0.5) is 0 Å². The monoisotopic (exact) mass is 744 g/mol. The normalized spacial score (nSPS) is 22.3. The van der Waals surface area contributed by atoms with Crippen LogP contribution in [0.25, 0.3) is 0 Å². The van der Waals surface area contributed by atoms with E-state index < -0.39 is 48.6 Å². The summed E-state index contributed by atoms with van der Waals surface area (Å²) >= 11 is 0. The van der Waals surface area contributed by atoms with Crippen molar-refractivity contribution in [1.82, 2.24) is 5.32 Å². The molecule has 0 unspecified atom stereocenters. The summed E-state index contributed by atoms with van der Waals surface area (Å²) in [7, 11) is 0. The standard InChI is InChI=1S/C43H85NO8/c1-3-5-7-9-11-13-15-17-18-19-21-23-25-27-29-31-39(47)44-36(34-52-38-32-35(33-45)40(48)43(51)42(38)50)41(49)37(46)30-28-26-24-22-20-16-14-12-10-8-6-4-2/h35-38,40-43,45-46,48-51H,3-34H2,1-2H3,(H,44,47)/t35-,36+,37-,38+,40+,41+,42+,43+/m1/s1. The fourth-order valence-corrected chi connectivity index (χ4v) is 7.65. The lowest BCUT2D eigenvalue weighted by Gasteiger charge is -2.40. The lowest BCUT2D eigenvalue weighted by atomic mass is 9.81. The largest absolute Gasteiger partial charge is 0.396 e. The van der Waals surface area contributed by atoms with Gasteiger partial charge in [0.05, 0.1) is 31.0 Å². The third-order valence-corrected chi connectivity index (χ3v) is 11.3. The van der Waals surface area contributed by atoms with Gasteiger partial charge in [0, 0.05) is 18.9 Å². The Kier molecular flexibility index (Phi) is 31.7. The van der Waals surface area contributed by atoms with Gasteiger partial charge in [0.2, 0.25) is 5.91 Å². The zero-order chi connectivity index (χ0) is 38.2. The van der Waals surface area contributed by atoms with E-state index in [1.165, 1.54) is 135 Å². The Bertz CT molecular complexity index is 801. The van der Waals surface area contributed by atoms with Crippen LogP contribution in [0.5, 0.6) is 0 Å². The number of hydrogen-bond acceptors (Lipinski definition) is 8. The van der Waals surface area contributed by atoms with Gasteiger partial charge in [-0.1, -0.05) is 181 Å². The fraction of sp³-hybridized carbons (Fsp3) is 0.977. The first kappa shape index (κ1) is 49.2. The van der Waals surface area contributed by atoms with Gasteiger partial charge in [-0.05, 0) is 19.3 Å². The van der Waals surface area contributed by atoms with Crippen molar-refractivity contribution in [2.45, 2.75) is 249 Å². The van der Waals surface area contributed by atoms with Gasteiger partial charge in [-0.3, -0.25) is 4.79 Å². The second kappa shape index (κ2) is 33.5. The number of ether oxygens (including phenoxy) is 1. The van der Waals surface area contributed by atoms with E-state index in [0.29, 0.717) is 12.8 Å². The maximum atomic E-state index is 13.0. The zero-order valence-electron chi connectivity index (χ0n) is 33.7.